The first-order chi connectivity index (χ1) is 19.2. The SMILES string of the molecule is NC(=O)c1ccc(-c2ccccc2-c2nnnn2C(c2ccccc2)(c2ccccc2)c2ccccc2)cc1. The van der Waals surface area contributed by atoms with Crippen molar-refractivity contribution >= 4 is 5.91 Å². The van der Waals surface area contributed by atoms with Crippen LogP contribution in [0.3, 0.4) is 0 Å². The molecule has 1 aromatic heterocycles. The summed E-state index contributed by atoms with van der Waals surface area (Å²) in [5.41, 5.74) is 10.9. The van der Waals surface area contributed by atoms with Crippen LogP contribution in [-0.2, 0) is 5.54 Å². The molecule has 0 saturated carbocycles. The quantitative estimate of drug-likeness (QED) is 0.271. The zero-order valence-corrected chi connectivity index (χ0v) is 21.1. The third-order valence-corrected chi connectivity index (χ3v) is 7.01. The van der Waals surface area contributed by atoms with Crippen molar-refractivity contribution in [1.82, 2.24) is 20.2 Å². The Balaban J connectivity index is 1.65. The van der Waals surface area contributed by atoms with Gasteiger partial charge in [0.25, 0.3) is 0 Å². The average molecular weight is 508 g/mol. The highest BCUT2D eigenvalue weighted by Crippen LogP contribution is 2.43. The van der Waals surface area contributed by atoms with Crippen LogP contribution in [0.4, 0.5) is 0 Å². The number of hydrogen-bond donors (Lipinski definition) is 1. The largest absolute Gasteiger partial charge is 0.366 e. The van der Waals surface area contributed by atoms with Gasteiger partial charge in [0.15, 0.2) is 5.82 Å². The maximum Gasteiger partial charge on any atom is 0.248 e. The van der Waals surface area contributed by atoms with Crippen molar-refractivity contribution < 1.29 is 4.79 Å². The van der Waals surface area contributed by atoms with Crippen molar-refractivity contribution in [1.29, 1.82) is 0 Å². The lowest BCUT2D eigenvalue weighted by Gasteiger charge is -2.36. The third-order valence-electron chi connectivity index (χ3n) is 7.01. The molecule has 6 heteroatoms. The second kappa shape index (κ2) is 10.2. The predicted molar refractivity (Wildman–Crippen MR) is 152 cm³/mol. The number of amides is 1. The number of aromatic nitrogens is 4. The minimum atomic E-state index is -0.856. The summed E-state index contributed by atoms with van der Waals surface area (Å²) in [6, 6.07) is 46.2. The zero-order chi connectivity index (χ0) is 26.7. The van der Waals surface area contributed by atoms with Crippen LogP contribution < -0.4 is 5.73 Å². The van der Waals surface area contributed by atoms with Crippen molar-refractivity contribution in [2.45, 2.75) is 5.54 Å². The highest BCUT2D eigenvalue weighted by Gasteiger charge is 2.42. The summed E-state index contributed by atoms with van der Waals surface area (Å²) in [6.45, 7) is 0. The molecular weight excluding hydrogens is 482 g/mol. The second-order valence-electron chi connectivity index (χ2n) is 9.21. The molecule has 6 nitrogen and oxygen atoms in total. The van der Waals surface area contributed by atoms with Gasteiger partial charge < -0.3 is 5.73 Å². The van der Waals surface area contributed by atoms with Crippen LogP contribution in [-0.4, -0.2) is 26.1 Å². The third kappa shape index (κ3) is 4.18. The van der Waals surface area contributed by atoms with E-state index in [1.165, 1.54) is 0 Å². The maximum absolute atomic E-state index is 11.7. The molecular formula is C33H25N5O. The van der Waals surface area contributed by atoms with Gasteiger partial charge >= 0.3 is 0 Å². The standard InChI is InChI=1S/C33H25N5O/c34-31(39)25-22-20-24(21-23-25)29-18-10-11-19-30(29)32-35-36-37-38(32)33(26-12-4-1-5-13-26,27-14-6-2-7-15-27)28-16-8-3-9-17-28/h1-23H,(H2,34,39). The Morgan fingerprint density at radius 1 is 0.590 bits per heavy atom. The van der Waals surface area contributed by atoms with Gasteiger partial charge in [0.1, 0.15) is 5.54 Å². The summed E-state index contributed by atoms with van der Waals surface area (Å²) in [5.74, 6) is 0.151. The van der Waals surface area contributed by atoms with Gasteiger partial charge in [-0.15, -0.1) is 5.10 Å². The summed E-state index contributed by atoms with van der Waals surface area (Å²) in [7, 11) is 0. The van der Waals surface area contributed by atoms with Crippen LogP contribution >= 0.6 is 0 Å². The molecule has 6 rings (SSSR count). The molecule has 0 fully saturated rings. The molecule has 0 aliphatic carbocycles. The van der Waals surface area contributed by atoms with Crippen LogP contribution in [0.25, 0.3) is 22.5 Å². The number of carbonyl (C=O) groups excluding carboxylic acids is 1. The Morgan fingerprint density at radius 3 is 1.54 bits per heavy atom. The molecule has 39 heavy (non-hydrogen) atoms. The lowest BCUT2D eigenvalue weighted by atomic mass is 9.77. The Labute approximate surface area is 226 Å². The van der Waals surface area contributed by atoms with Crippen LogP contribution in [0.15, 0.2) is 140 Å². The van der Waals surface area contributed by atoms with Crippen LogP contribution in [0.1, 0.15) is 27.0 Å². The minimum absolute atomic E-state index is 0.456. The average Bonchev–Trinajstić information content (AvgIpc) is 3.49. The lowest BCUT2D eigenvalue weighted by Crippen LogP contribution is -2.39. The highest BCUT2D eigenvalue weighted by atomic mass is 16.1. The number of hydrogen-bond acceptors (Lipinski definition) is 4. The van der Waals surface area contributed by atoms with E-state index in [4.69, 9.17) is 5.73 Å². The van der Waals surface area contributed by atoms with Crippen molar-refractivity contribution in [3.8, 4) is 22.5 Å². The highest BCUT2D eigenvalue weighted by molar-refractivity contribution is 5.93. The molecule has 0 radical (unpaired) electrons. The summed E-state index contributed by atoms with van der Waals surface area (Å²) < 4.78 is 1.92. The summed E-state index contributed by atoms with van der Waals surface area (Å²) in [5, 5.41) is 13.5. The van der Waals surface area contributed by atoms with E-state index in [2.05, 4.69) is 51.9 Å². The van der Waals surface area contributed by atoms with Gasteiger partial charge in [-0.2, -0.15) is 0 Å². The van der Waals surface area contributed by atoms with Crippen LogP contribution in [0.5, 0.6) is 0 Å². The monoisotopic (exact) mass is 507 g/mol. The van der Waals surface area contributed by atoms with Crippen molar-refractivity contribution in [2.24, 2.45) is 5.73 Å². The number of primary amides is 1. The van der Waals surface area contributed by atoms with Gasteiger partial charge in [-0.05, 0) is 50.4 Å². The number of benzene rings is 5. The van der Waals surface area contributed by atoms with Crippen molar-refractivity contribution in [3.63, 3.8) is 0 Å². The van der Waals surface area contributed by atoms with E-state index < -0.39 is 11.4 Å². The first kappa shape index (κ1) is 24.0. The fraction of sp³-hybridized carbons (Fsp3) is 0.0303. The molecule has 0 bridgehead atoms. The molecule has 2 N–H and O–H groups in total. The first-order valence-corrected chi connectivity index (χ1v) is 12.6. The Morgan fingerprint density at radius 2 is 1.05 bits per heavy atom. The Bertz CT molecular complexity index is 1620. The topological polar surface area (TPSA) is 86.7 Å². The van der Waals surface area contributed by atoms with Crippen molar-refractivity contribution in [3.05, 3.63) is 162 Å². The smallest absolute Gasteiger partial charge is 0.248 e. The van der Waals surface area contributed by atoms with E-state index in [1.807, 2.05) is 95.7 Å². The van der Waals surface area contributed by atoms with Gasteiger partial charge in [0, 0.05) is 11.1 Å². The number of nitrogens with two attached hydrogens (primary N) is 1. The first-order valence-electron chi connectivity index (χ1n) is 12.6. The van der Waals surface area contributed by atoms with Gasteiger partial charge in [0.05, 0.1) is 0 Å². The molecule has 6 aromatic rings. The molecule has 0 saturated heterocycles. The number of nitrogens with zero attached hydrogens (tertiary/aromatic N) is 4. The number of tetrazole rings is 1. The molecule has 1 heterocycles. The molecule has 5 aromatic carbocycles. The fourth-order valence-electron chi connectivity index (χ4n) is 5.23. The summed E-state index contributed by atoms with van der Waals surface area (Å²) >= 11 is 0. The van der Waals surface area contributed by atoms with Gasteiger partial charge in [-0.1, -0.05) is 127 Å². The van der Waals surface area contributed by atoms with E-state index in [0.717, 1.165) is 33.4 Å². The van der Waals surface area contributed by atoms with Gasteiger partial charge in [-0.25, -0.2) is 4.68 Å². The lowest BCUT2D eigenvalue weighted by molar-refractivity contribution is 0.100. The molecule has 0 unspecified atom stereocenters. The van der Waals surface area contributed by atoms with E-state index in [9.17, 15) is 4.79 Å². The molecule has 0 spiro atoms. The summed E-state index contributed by atoms with van der Waals surface area (Å²) in [6.07, 6.45) is 0. The van der Waals surface area contributed by atoms with E-state index in [1.54, 1.807) is 12.1 Å². The second-order valence-corrected chi connectivity index (χ2v) is 9.21. The number of rotatable bonds is 7. The Kier molecular flexibility index (Phi) is 6.27. The Hall–Kier alpha value is -5.36. The normalized spacial score (nSPS) is 11.3. The summed E-state index contributed by atoms with van der Waals surface area (Å²) in [4.78, 5) is 11.7. The zero-order valence-electron chi connectivity index (χ0n) is 21.1. The van der Waals surface area contributed by atoms with E-state index in [-0.39, 0.29) is 0 Å². The maximum atomic E-state index is 11.7. The molecule has 188 valence electrons. The molecule has 0 aliphatic heterocycles. The van der Waals surface area contributed by atoms with Gasteiger partial charge in [-0.3, -0.25) is 4.79 Å². The van der Waals surface area contributed by atoms with Crippen LogP contribution in [0, 0.1) is 0 Å². The van der Waals surface area contributed by atoms with Crippen LogP contribution in [0.2, 0.25) is 0 Å². The van der Waals surface area contributed by atoms with Crippen molar-refractivity contribution in [2.75, 3.05) is 0 Å². The number of carbonyl (C=O) groups is 1. The molecule has 1 amide bonds. The predicted octanol–water partition coefficient (Wildman–Crippen LogP) is 5.95. The fourth-order valence-corrected chi connectivity index (χ4v) is 5.23. The molecule has 0 atom stereocenters. The van der Waals surface area contributed by atoms with E-state index in [0.29, 0.717) is 11.4 Å². The minimum Gasteiger partial charge on any atom is -0.366 e. The molecule has 0 aliphatic rings. The van der Waals surface area contributed by atoms with Gasteiger partial charge in [0.2, 0.25) is 5.91 Å². The van der Waals surface area contributed by atoms with E-state index >= 15 is 0 Å².